The third-order valence-corrected chi connectivity index (χ3v) is 3.64. The number of nitrogens with one attached hydrogen (secondary N) is 1. The SMILES string of the molecule is O=C(O)c1c(F)c(Br)cc(Br)c1NCC(O)CCl. The van der Waals surface area contributed by atoms with Gasteiger partial charge in [-0.2, -0.15) is 0 Å². The Morgan fingerprint density at radius 3 is 2.61 bits per heavy atom. The normalized spacial score (nSPS) is 12.3. The summed E-state index contributed by atoms with van der Waals surface area (Å²) in [5, 5.41) is 21.0. The highest BCUT2D eigenvalue weighted by molar-refractivity contribution is 9.11. The van der Waals surface area contributed by atoms with Crippen LogP contribution in [0.4, 0.5) is 10.1 Å². The number of aromatic carboxylic acids is 1. The molecule has 1 unspecified atom stereocenters. The highest BCUT2D eigenvalue weighted by atomic mass is 79.9. The molecule has 0 fully saturated rings. The third kappa shape index (κ3) is 3.57. The van der Waals surface area contributed by atoms with E-state index in [4.69, 9.17) is 16.7 Å². The molecule has 1 atom stereocenters. The monoisotopic (exact) mass is 403 g/mol. The average Bonchev–Trinajstić information content (AvgIpc) is 2.30. The Kier molecular flexibility index (Phi) is 5.84. The second kappa shape index (κ2) is 6.70. The minimum Gasteiger partial charge on any atom is -0.478 e. The molecule has 0 saturated carbocycles. The zero-order valence-corrected chi connectivity index (χ0v) is 12.8. The van der Waals surface area contributed by atoms with Gasteiger partial charge in [-0.1, -0.05) is 0 Å². The predicted octanol–water partition coefficient (Wildman–Crippen LogP) is 3.06. The summed E-state index contributed by atoms with van der Waals surface area (Å²) in [5.74, 6) is -2.29. The molecule has 18 heavy (non-hydrogen) atoms. The standard InChI is InChI=1S/C10H9Br2ClFNO3/c11-5-1-6(12)9(15-3-4(16)2-13)7(8(5)14)10(17)18/h1,4,15-16H,2-3H2,(H,17,18). The van der Waals surface area contributed by atoms with Crippen molar-refractivity contribution in [3.8, 4) is 0 Å². The van der Waals surface area contributed by atoms with E-state index >= 15 is 0 Å². The van der Waals surface area contributed by atoms with Gasteiger partial charge in [0, 0.05) is 11.0 Å². The molecule has 0 aromatic heterocycles. The highest BCUT2D eigenvalue weighted by Crippen LogP contribution is 2.33. The van der Waals surface area contributed by atoms with Crippen LogP contribution < -0.4 is 5.32 Å². The summed E-state index contributed by atoms with van der Waals surface area (Å²) >= 11 is 11.5. The van der Waals surface area contributed by atoms with Gasteiger partial charge in [0.2, 0.25) is 0 Å². The summed E-state index contributed by atoms with van der Waals surface area (Å²) in [4.78, 5) is 11.1. The van der Waals surface area contributed by atoms with Crippen molar-refractivity contribution in [1.82, 2.24) is 0 Å². The third-order valence-electron chi connectivity index (χ3n) is 2.08. The van der Waals surface area contributed by atoms with E-state index in [0.717, 1.165) is 0 Å². The summed E-state index contributed by atoms with van der Waals surface area (Å²) in [6.45, 7) is 0.0173. The topological polar surface area (TPSA) is 69.6 Å². The molecule has 0 amide bonds. The van der Waals surface area contributed by atoms with E-state index in [1.165, 1.54) is 6.07 Å². The molecule has 8 heteroatoms. The van der Waals surface area contributed by atoms with Gasteiger partial charge in [-0.15, -0.1) is 11.6 Å². The molecule has 1 rings (SSSR count). The van der Waals surface area contributed by atoms with Crippen LogP contribution in [0.1, 0.15) is 10.4 Å². The van der Waals surface area contributed by atoms with Gasteiger partial charge in [0.25, 0.3) is 0 Å². The molecule has 4 nitrogen and oxygen atoms in total. The van der Waals surface area contributed by atoms with Crippen LogP contribution in [0.2, 0.25) is 0 Å². The number of rotatable bonds is 5. The first-order valence-corrected chi connectivity index (χ1v) is 6.89. The fraction of sp³-hybridized carbons (Fsp3) is 0.300. The second-order valence-electron chi connectivity index (χ2n) is 3.40. The van der Waals surface area contributed by atoms with E-state index in [0.29, 0.717) is 4.47 Å². The van der Waals surface area contributed by atoms with Crippen LogP contribution in [0, 0.1) is 5.82 Å². The lowest BCUT2D eigenvalue weighted by atomic mass is 10.1. The summed E-state index contributed by atoms with van der Waals surface area (Å²) in [6.07, 6.45) is -0.855. The van der Waals surface area contributed by atoms with Crippen LogP contribution >= 0.6 is 43.5 Å². The van der Waals surface area contributed by atoms with Crippen molar-refractivity contribution in [2.75, 3.05) is 17.7 Å². The number of anilines is 1. The number of hydrogen-bond donors (Lipinski definition) is 3. The van der Waals surface area contributed by atoms with Crippen LogP contribution in [0.3, 0.4) is 0 Å². The first kappa shape index (κ1) is 15.7. The number of carbonyl (C=O) groups is 1. The van der Waals surface area contributed by atoms with Crippen LogP contribution in [-0.4, -0.2) is 34.7 Å². The summed E-state index contributed by atoms with van der Waals surface area (Å²) < 4.78 is 14.1. The maximum Gasteiger partial charge on any atom is 0.340 e. The van der Waals surface area contributed by atoms with Gasteiger partial charge in [0.15, 0.2) is 5.82 Å². The minimum absolute atomic E-state index is 0.00790. The number of benzene rings is 1. The zero-order valence-electron chi connectivity index (χ0n) is 8.88. The van der Waals surface area contributed by atoms with Crippen molar-refractivity contribution in [1.29, 1.82) is 0 Å². The molecule has 0 radical (unpaired) electrons. The second-order valence-corrected chi connectivity index (χ2v) is 5.42. The first-order chi connectivity index (χ1) is 8.38. The van der Waals surface area contributed by atoms with Crippen molar-refractivity contribution < 1.29 is 19.4 Å². The molecule has 0 bridgehead atoms. The van der Waals surface area contributed by atoms with Crippen molar-refractivity contribution in [3.05, 3.63) is 26.4 Å². The quantitative estimate of drug-likeness (QED) is 0.520. The Bertz CT molecular complexity index is 473. The molecular formula is C10H9Br2ClFNO3. The minimum atomic E-state index is -1.41. The Hall–Kier alpha value is -0.370. The van der Waals surface area contributed by atoms with Gasteiger partial charge in [-0.25, -0.2) is 9.18 Å². The number of hydrogen-bond acceptors (Lipinski definition) is 3. The summed E-state index contributed by atoms with van der Waals surface area (Å²) in [6, 6.07) is 1.39. The van der Waals surface area contributed by atoms with E-state index in [1.807, 2.05) is 0 Å². The molecule has 0 heterocycles. The van der Waals surface area contributed by atoms with Gasteiger partial charge in [-0.05, 0) is 37.9 Å². The van der Waals surface area contributed by atoms with Crippen molar-refractivity contribution in [2.24, 2.45) is 0 Å². The van der Waals surface area contributed by atoms with Gasteiger partial charge < -0.3 is 15.5 Å². The smallest absolute Gasteiger partial charge is 0.340 e. The number of aliphatic hydroxyl groups excluding tert-OH is 1. The number of carboxylic acids is 1. The van der Waals surface area contributed by atoms with E-state index in [-0.39, 0.29) is 22.6 Å². The highest BCUT2D eigenvalue weighted by Gasteiger charge is 2.22. The van der Waals surface area contributed by atoms with Crippen molar-refractivity contribution in [2.45, 2.75) is 6.10 Å². The van der Waals surface area contributed by atoms with Gasteiger partial charge in [-0.3, -0.25) is 0 Å². The summed E-state index contributed by atoms with van der Waals surface area (Å²) in [5.41, 5.74) is -0.439. The van der Waals surface area contributed by atoms with Crippen LogP contribution in [-0.2, 0) is 0 Å². The number of alkyl halides is 1. The molecule has 0 aliphatic heterocycles. The molecular weight excluding hydrogens is 396 g/mol. The maximum atomic E-state index is 13.7. The first-order valence-electron chi connectivity index (χ1n) is 4.77. The van der Waals surface area contributed by atoms with Gasteiger partial charge >= 0.3 is 5.97 Å². The van der Waals surface area contributed by atoms with E-state index in [1.54, 1.807) is 0 Å². The van der Waals surface area contributed by atoms with Gasteiger partial charge in [0.1, 0.15) is 5.56 Å². The Morgan fingerprint density at radius 1 is 1.50 bits per heavy atom. The molecule has 0 aliphatic carbocycles. The number of halogens is 4. The van der Waals surface area contributed by atoms with Crippen LogP contribution in [0.25, 0.3) is 0 Å². The lowest BCUT2D eigenvalue weighted by molar-refractivity contribution is 0.0692. The van der Waals surface area contributed by atoms with E-state index in [2.05, 4.69) is 37.2 Å². The van der Waals surface area contributed by atoms with Crippen LogP contribution in [0.5, 0.6) is 0 Å². The van der Waals surface area contributed by atoms with E-state index in [9.17, 15) is 14.3 Å². The Labute approximate surface area is 124 Å². The average molecular weight is 405 g/mol. The lowest BCUT2D eigenvalue weighted by Crippen LogP contribution is -2.22. The molecule has 0 spiro atoms. The molecule has 100 valence electrons. The van der Waals surface area contributed by atoms with Crippen LogP contribution in [0.15, 0.2) is 15.0 Å². The Morgan fingerprint density at radius 2 is 2.11 bits per heavy atom. The van der Waals surface area contributed by atoms with Crippen molar-refractivity contribution in [3.63, 3.8) is 0 Å². The molecule has 1 aromatic rings. The molecule has 0 saturated heterocycles. The zero-order chi connectivity index (χ0) is 13.9. The number of aliphatic hydroxyl groups is 1. The summed E-state index contributed by atoms with van der Waals surface area (Å²) in [7, 11) is 0. The Balaban J connectivity index is 3.16. The predicted molar refractivity (Wildman–Crippen MR) is 74.0 cm³/mol. The number of carboxylic acid groups (broad SMARTS) is 1. The van der Waals surface area contributed by atoms with E-state index < -0.39 is 23.5 Å². The lowest BCUT2D eigenvalue weighted by Gasteiger charge is -2.15. The molecule has 0 aliphatic rings. The molecule has 1 aromatic carbocycles. The maximum absolute atomic E-state index is 13.7. The molecule has 3 N–H and O–H groups in total. The van der Waals surface area contributed by atoms with Gasteiger partial charge in [0.05, 0.1) is 22.1 Å². The largest absolute Gasteiger partial charge is 0.478 e. The fourth-order valence-electron chi connectivity index (χ4n) is 1.24. The van der Waals surface area contributed by atoms with Crippen molar-refractivity contribution >= 4 is 55.1 Å². The fourth-order valence-corrected chi connectivity index (χ4v) is 2.65.